The van der Waals surface area contributed by atoms with Crippen molar-refractivity contribution in [3.05, 3.63) is 31.8 Å². The molecule has 0 N–H and O–H groups in total. The summed E-state index contributed by atoms with van der Waals surface area (Å²) in [7, 11) is 0. The van der Waals surface area contributed by atoms with Crippen molar-refractivity contribution in [2.75, 3.05) is 6.54 Å². The van der Waals surface area contributed by atoms with Crippen LogP contribution in [0.15, 0.2) is 22.7 Å². The average Bonchev–Trinajstić information content (AvgIpc) is 2.93. The number of rotatable bonds is 1. The molecule has 2 fully saturated rings. The van der Waals surface area contributed by atoms with Crippen molar-refractivity contribution in [3.63, 3.8) is 0 Å². The molecule has 2 unspecified atom stereocenters. The Labute approximate surface area is 123 Å². The lowest BCUT2D eigenvalue weighted by Gasteiger charge is -2.27. The number of benzene rings is 1. The Morgan fingerprint density at radius 3 is 2.88 bits per heavy atom. The summed E-state index contributed by atoms with van der Waals surface area (Å²) in [5, 5.41) is 0. The van der Waals surface area contributed by atoms with Crippen LogP contribution in [0.5, 0.6) is 0 Å². The monoisotopic (exact) mass is 405 g/mol. The minimum atomic E-state index is 0.197. The second-order valence-corrected chi connectivity index (χ2v) is 7.01. The number of carbonyl (C=O) groups is 1. The van der Waals surface area contributed by atoms with Gasteiger partial charge in [-0.3, -0.25) is 4.79 Å². The summed E-state index contributed by atoms with van der Waals surface area (Å²) in [6.07, 6.45) is 3.72. The third-order valence-corrected chi connectivity index (χ3v) is 5.19. The van der Waals surface area contributed by atoms with Crippen LogP contribution in [-0.4, -0.2) is 23.4 Å². The predicted octanol–water partition coefficient (Wildman–Crippen LogP) is 3.68. The van der Waals surface area contributed by atoms with Gasteiger partial charge in [0, 0.05) is 20.6 Å². The van der Waals surface area contributed by atoms with E-state index in [1.165, 1.54) is 19.3 Å². The molecule has 0 aromatic heterocycles. The molecule has 0 spiro atoms. The molecule has 2 bridgehead atoms. The lowest BCUT2D eigenvalue weighted by atomic mass is 10.1. The van der Waals surface area contributed by atoms with Crippen molar-refractivity contribution in [1.82, 2.24) is 4.90 Å². The molecule has 1 heterocycles. The van der Waals surface area contributed by atoms with Crippen molar-refractivity contribution in [1.29, 1.82) is 0 Å². The van der Waals surface area contributed by atoms with Crippen LogP contribution in [0.4, 0.5) is 0 Å². The Kier molecular flexibility index (Phi) is 3.19. The van der Waals surface area contributed by atoms with Crippen LogP contribution in [0.2, 0.25) is 0 Å². The van der Waals surface area contributed by atoms with Crippen molar-refractivity contribution in [2.45, 2.75) is 25.3 Å². The molecule has 1 saturated carbocycles. The summed E-state index contributed by atoms with van der Waals surface area (Å²) in [5.74, 6) is 0.952. The first-order valence-corrected chi connectivity index (χ1v) is 7.78. The van der Waals surface area contributed by atoms with E-state index in [1.54, 1.807) is 0 Å². The van der Waals surface area contributed by atoms with Crippen molar-refractivity contribution in [3.8, 4) is 0 Å². The minimum absolute atomic E-state index is 0.197. The van der Waals surface area contributed by atoms with Crippen molar-refractivity contribution < 1.29 is 4.79 Å². The highest BCUT2D eigenvalue weighted by molar-refractivity contribution is 14.1. The van der Waals surface area contributed by atoms with Gasteiger partial charge in [0.2, 0.25) is 0 Å². The van der Waals surface area contributed by atoms with E-state index in [2.05, 4.69) is 43.4 Å². The smallest absolute Gasteiger partial charge is 0.255 e. The molecule has 90 valence electrons. The Bertz CT molecular complexity index is 476. The molecule has 1 aromatic carbocycles. The van der Waals surface area contributed by atoms with E-state index in [0.717, 1.165) is 26.1 Å². The minimum Gasteiger partial charge on any atom is -0.335 e. The van der Waals surface area contributed by atoms with Gasteiger partial charge < -0.3 is 4.90 Å². The number of fused-ring (bicyclic) bond motifs is 2. The van der Waals surface area contributed by atoms with E-state index in [1.807, 2.05) is 18.2 Å². The number of nitrogens with zero attached hydrogens (tertiary/aromatic N) is 1. The van der Waals surface area contributed by atoms with E-state index in [0.29, 0.717) is 6.04 Å². The summed E-state index contributed by atoms with van der Waals surface area (Å²) in [6, 6.07) is 6.44. The second-order valence-electron chi connectivity index (χ2n) is 4.91. The average molecular weight is 406 g/mol. The van der Waals surface area contributed by atoms with Crippen LogP contribution in [0.25, 0.3) is 0 Å². The maximum atomic E-state index is 12.5. The van der Waals surface area contributed by atoms with Crippen LogP contribution in [-0.2, 0) is 0 Å². The van der Waals surface area contributed by atoms with Gasteiger partial charge in [-0.05, 0) is 81.9 Å². The van der Waals surface area contributed by atoms with Gasteiger partial charge in [0.05, 0.1) is 5.56 Å². The lowest BCUT2D eigenvalue weighted by Crippen LogP contribution is -2.37. The molecule has 1 saturated heterocycles. The third kappa shape index (κ3) is 2.14. The molecule has 1 aromatic rings. The number of hydrogen-bond donors (Lipinski definition) is 0. The van der Waals surface area contributed by atoms with Gasteiger partial charge in [-0.15, -0.1) is 0 Å². The zero-order valence-electron chi connectivity index (χ0n) is 9.33. The lowest BCUT2D eigenvalue weighted by molar-refractivity contribution is 0.0702. The maximum Gasteiger partial charge on any atom is 0.255 e. The number of likely N-dealkylation sites (tertiary alicyclic amines) is 1. The fourth-order valence-electron chi connectivity index (χ4n) is 2.99. The molecule has 2 aliphatic rings. The molecule has 17 heavy (non-hydrogen) atoms. The largest absolute Gasteiger partial charge is 0.335 e. The fourth-order valence-corrected chi connectivity index (χ4v) is 3.90. The normalized spacial score (nSPS) is 26.6. The van der Waals surface area contributed by atoms with Gasteiger partial charge >= 0.3 is 0 Å². The van der Waals surface area contributed by atoms with Crippen LogP contribution >= 0.6 is 38.5 Å². The summed E-state index contributed by atoms with van der Waals surface area (Å²) in [6.45, 7) is 0.960. The molecular formula is C13H13BrINO. The van der Waals surface area contributed by atoms with Crippen molar-refractivity contribution >= 4 is 44.4 Å². The van der Waals surface area contributed by atoms with Gasteiger partial charge in [-0.2, -0.15) is 0 Å². The third-order valence-electron chi connectivity index (χ3n) is 3.83. The van der Waals surface area contributed by atoms with Gasteiger partial charge in [0.25, 0.3) is 5.91 Å². The number of halogens is 2. The summed E-state index contributed by atoms with van der Waals surface area (Å²) < 4.78 is 2.02. The standard InChI is InChI=1S/C13H13BrINO/c14-12-4-2-9(15)6-11(12)13(17)16-7-8-1-3-10(16)5-8/h2,4,6,8,10H,1,3,5,7H2. The second kappa shape index (κ2) is 4.53. The van der Waals surface area contributed by atoms with Gasteiger partial charge in [-0.1, -0.05) is 0 Å². The van der Waals surface area contributed by atoms with Gasteiger partial charge in [-0.25, -0.2) is 0 Å². The van der Waals surface area contributed by atoms with E-state index in [-0.39, 0.29) is 5.91 Å². The predicted molar refractivity (Wildman–Crippen MR) is 79.0 cm³/mol. The van der Waals surface area contributed by atoms with E-state index >= 15 is 0 Å². The van der Waals surface area contributed by atoms with Crippen LogP contribution in [0.3, 0.4) is 0 Å². The Morgan fingerprint density at radius 2 is 2.24 bits per heavy atom. The molecule has 1 aliphatic carbocycles. The maximum absolute atomic E-state index is 12.5. The Balaban J connectivity index is 1.89. The Morgan fingerprint density at radius 1 is 1.41 bits per heavy atom. The zero-order chi connectivity index (χ0) is 12.0. The Hall–Kier alpha value is -0.100. The first kappa shape index (κ1) is 12.0. The molecule has 3 rings (SSSR count). The molecule has 4 heteroatoms. The van der Waals surface area contributed by atoms with Gasteiger partial charge in [0.1, 0.15) is 0 Å². The number of amides is 1. The fraction of sp³-hybridized carbons (Fsp3) is 0.462. The quantitative estimate of drug-likeness (QED) is 0.652. The van der Waals surface area contributed by atoms with E-state index in [4.69, 9.17) is 0 Å². The molecule has 1 aliphatic heterocycles. The summed E-state index contributed by atoms with van der Waals surface area (Å²) in [4.78, 5) is 14.6. The number of piperidine rings is 1. The van der Waals surface area contributed by atoms with Crippen LogP contribution in [0.1, 0.15) is 29.6 Å². The molecule has 1 amide bonds. The van der Waals surface area contributed by atoms with Gasteiger partial charge in [0.15, 0.2) is 0 Å². The topological polar surface area (TPSA) is 20.3 Å². The first-order chi connectivity index (χ1) is 8.15. The molecule has 2 atom stereocenters. The highest BCUT2D eigenvalue weighted by Crippen LogP contribution is 2.38. The zero-order valence-corrected chi connectivity index (χ0v) is 13.1. The number of carbonyl (C=O) groups excluding carboxylic acids is 1. The SMILES string of the molecule is O=C(c1cc(I)ccc1Br)N1CC2CCC1C2. The van der Waals surface area contributed by atoms with Crippen LogP contribution < -0.4 is 0 Å². The molecule has 2 nitrogen and oxygen atoms in total. The summed E-state index contributed by atoms with van der Waals surface area (Å²) >= 11 is 5.73. The number of hydrogen-bond acceptors (Lipinski definition) is 1. The van der Waals surface area contributed by atoms with E-state index in [9.17, 15) is 4.79 Å². The molecule has 0 radical (unpaired) electrons. The highest BCUT2D eigenvalue weighted by atomic mass is 127. The van der Waals surface area contributed by atoms with E-state index < -0.39 is 0 Å². The van der Waals surface area contributed by atoms with Crippen molar-refractivity contribution in [2.24, 2.45) is 5.92 Å². The highest BCUT2D eigenvalue weighted by Gasteiger charge is 2.40. The molecular weight excluding hydrogens is 393 g/mol. The summed E-state index contributed by atoms with van der Waals surface area (Å²) in [5.41, 5.74) is 0.810. The van der Waals surface area contributed by atoms with Crippen LogP contribution in [0, 0.1) is 9.49 Å². The first-order valence-electron chi connectivity index (χ1n) is 5.91.